The Morgan fingerprint density at radius 2 is 1.92 bits per heavy atom. The van der Waals surface area contributed by atoms with Gasteiger partial charge < -0.3 is 10.2 Å². The van der Waals surface area contributed by atoms with Crippen molar-refractivity contribution in [3.63, 3.8) is 0 Å². The minimum atomic E-state index is 0.0720. The molecule has 196 valence electrons. The number of nitrogens with zero attached hydrogens (tertiary/aromatic N) is 2. The first-order valence-electron chi connectivity index (χ1n) is 14.1. The van der Waals surface area contributed by atoms with Gasteiger partial charge in [-0.25, -0.2) is 0 Å². The molecule has 3 aliphatic carbocycles. The number of carbonyl (C=O) groups is 2. The molecule has 0 radical (unpaired) electrons. The number of likely N-dealkylation sites (N-methyl/N-ethyl adjacent to an activating group) is 1. The number of hydrogen-bond donors (Lipinski definition) is 1. The lowest BCUT2D eigenvalue weighted by atomic mass is 9.47. The number of fused-ring (bicyclic) bond motifs is 5. The lowest BCUT2D eigenvalue weighted by Crippen LogP contribution is -2.59. The fourth-order valence-electron chi connectivity index (χ4n) is 8.71. The third-order valence-electron chi connectivity index (χ3n) is 10.9. The van der Waals surface area contributed by atoms with Crippen molar-refractivity contribution in [3.05, 3.63) is 41.7 Å². The molecule has 3 fully saturated rings. The molecular formula is C31H45N3O2. The molecule has 36 heavy (non-hydrogen) atoms. The minimum absolute atomic E-state index is 0.0720. The van der Waals surface area contributed by atoms with E-state index < -0.39 is 0 Å². The second-order valence-corrected chi connectivity index (χ2v) is 13.7. The van der Waals surface area contributed by atoms with E-state index in [0.717, 1.165) is 18.5 Å². The van der Waals surface area contributed by atoms with Crippen molar-refractivity contribution >= 4 is 11.8 Å². The molecule has 7 atom stereocenters. The lowest BCUT2D eigenvalue weighted by Gasteiger charge is -2.60. The van der Waals surface area contributed by atoms with Crippen molar-refractivity contribution in [3.8, 4) is 0 Å². The van der Waals surface area contributed by atoms with Crippen LogP contribution in [-0.2, 0) is 21.5 Å². The van der Waals surface area contributed by atoms with Crippen LogP contribution in [0.5, 0.6) is 0 Å². The number of nitrogens with one attached hydrogen (secondary N) is 1. The number of pyridine rings is 1. The molecule has 0 saturated heterocycles. The SMILES string of the molecule is CN1C(=O)C=C[C@]2(C)C3CC[C@@]4(C)C(CC[C@@H]4CC(=O)NCc4cc(C(C)(C)C)ccn4)C3CCC12. The molecule has 1 aliphatic heterocycles. The standard InChI is InChI=1S/C31H45N3O2/c1-29(2,3)20-13-16-32-22(17-20)19-33-27(35)18-21-7-9-24-23-8-10-26-31(5,15-12-28(36)34(26)6)25(23)11-14-30(21,24)4/h12-13,15-17,21,23-26H,7-11,14,18-19H2,1-6H3,(H,33,35)/t21-,23?,24?,25?,26?,30-,31-/m1/s1. The smallest absolute Gasteiger partial charge is 0.246 e. The Morgan fingerprint density at radius 3 is 2.67 bits per heavy atom. The van der Waals surface area contributed by atoms with E-state index in [4.69, 9.17) is 0 Å². The normalized spacial score (nSPS) is 37.8. The summed E-state index contributed by atoms with van der Waals surface area (Å²) in [6.45, 7) is 12.0. The second kappa shape index (κ2) is 8.99. The maximum absolute atomic E-state index is 13.1. The Balaban J connectivity index is 1.24. The van der Waals surface area contributed by atoms with Gasteiger partial charge in [0, 0.05) is 31.1 Å². The molecule has 5 nitrogen and oxygen atoms in total. The Labute approximate surface area is 217 Å². The van der Waals surface area contributed by atoms with Crippen LogP contribution < -0.4 is 5.32 Å². The first-order chi connectivity index (χ1) is 16.9. The number of aromatic nitrogens is 1. The van der Waals surface area contributed by atoms with E-state index >= 15 is 0 Å². The molecule has 1 N–H and O–H groups in total. The Hall–Kier alpha value is -2.17. The number of rotatable bonds is 4. The third-order valence-corrected chi connectivity index (χ3v) is 10.9. The van der Waals surface area contributed by atoms with Crippen LogP contribution in [0, 0.1) is 34.5 Å². The van der Waals surface area contributed by atoms with Crippen molar-refractivity contribution in [2.75, 3.05) is 7.05 Å². The van der Waals surface area contributed by atoms with Crippen LogP contribution in [0.3, 0.4) is 0 Å². The molecule has 1 aromatic heterocycles. The van der Waals surface area contributed by atoms with Crippen LogP contribution >= 0.6 is 0 Å². The first kappa shape index (κ1) is 25.5. The maximum atomic E-state index is 13.1. The highest BCUT2D eigenvalue weighted by atomic mass is 16.2. The Bertz CT molecular complexity index is 1060. The van der Waals surface area contributed by atoms with E-state index in [1.54, 1.807) is 0 Å². The van der Waals surface area contributed by atoms with Crippen molar-refractivity contribution < 1.29 is 9.59 Å². The van der Waals surface area contributed by atoms with Crippen LogP contribution in [0.2, 0.25) is 0 Å². The predicted octanol–water partition coefficient (Wildman–Crippen LogP) is 5.64. The predicted molar refractivity (Wildman–Crippen MR) is 143 cm³/mol. The molecular weight excluding hydrogens is 446 g/mol. The summed E-state index contributed by atoms with van der Waals surface area (Å²) in [6.07, 6.45) is 13.7. The summed E-state index contributed by atoms with van der Waals surface area (Å²) in [6, 6.07) is 4.51. The zero-order valence-corrected chi connectivity index (χ0v) is 23.1. The van der Waals surface area contributed by atoms with E-state index in [-0.39, 0.29) is 28.1 Å². The molecule has 0 aromatic carbocycles. The van der Waals surface area contributed by atoms with Gasteiger partial charge in [-0.05, 0) is 96.8 Å². The highest BCUT2D eigenvalue weighted by molar-refractivity contribution is 5.89. The first-order valence-corrected chi connectivity index (χ1v) is 14.1. The fraction of sp³-hybridized carbons (Fsp3) is 0.710. The van der Waals surface area contributed by atoms with Crippen molar-refractivity contribution in [1.29, 1.82) is 0 Å². The average molecular weight is 492 g/mol. The van der Waals surface area contributed by atoms with Gasteiger partial charge in [-0.3, -0.25) is 14.6 Å². The molecule has 2 heterocycles. The second-order valence-electron chi connectivity index (χ2n) is 13.7. The van der Waals surface area contributed by atoms with Crippen LogP contribution in [-0.4, -0.2) is 34.8 Å². The molecule has 0 bridgehead atoms. The Kier molecular flexibility index (Phi) is 6.36. The van der Waals surface area contributed by atoms with Gasteiger partial charge in [0.25, 0.3) is 0 Å². The van der Waals surface area contributed by atoms with Gasteiger partial charge in [0.1, 0.15) is 0 Å². The Morgan fingerprint density at radius 1 is 1.14 bits per heavy atom. The van der Waals surface area contributed by atoms with Crippen molar-refractivity contribution in [1.82, 2.24) is 15.2 Å². The highest BCUT2D eigenvalue weighted by Gasteiger charge is 2.60. The summed E-state index contributed by atoms with van der Waals surface area (Å²) in [5.41, 5.74) is 2.57. The van der Waals surface area contributed by atoms with Gasteiger partial charge >= 0.3 is 0 Å². The average Bonchev–Trinajstić information content (AvgIpc) is 3.16. The number of hydrogen-bond acceptors (Lipinski definition) is 3. The van der Waals surface area contributed by atoms with Crippen LogP contribution in [0.25, 0.3) is 0 Å². The van der Waals surface area contributed by atoms with Crippen molar-refractivity contribution in [2.45, 2.75) is 97.6 Å². The van der Waals surface area contributed by atoms with Crippen molar-refractivity contribution in [2.24, 2.45) is 34.5 Å². The van der Waals surface area contributed by atoms with Crippen LogP contribution in [0.15, 0.2) is 30.5 Å². The van der Waals surface area contributed by atoms with Gasteiger partial charge in [0.05, 0.1) is 12.2 Å². The summed E-state index contributed by atoms with van der Waals surface area (Å²) < 4.78 is 0. The largest absolute Gasteiger partial charge is 0.350 e. The lowest BCUT2D eigenvalue weighted by molar-refractivity contribution is -0.139. The molecule has 4 unspecified atom stereocenters. The summed E-state index contributed by atoms with van der Waals surface area (Å²) >= 11 is 0. The monoisotopic (exact) mass is 491 g/mol. The van der Waals surface area contributed by atoms with Crippen LogP contribution in [0.4, 0.5) is 0 Å². The molecule has 1 aromatic rings. The van der Waals surface area contributed by atoms with Gasteiger partial charge in [0.15, 0.2) is 0 Å². The van der Waals surface area contributed by atoms with E-state index in [1.807, 2.05) is 24.2 Å². The summed E-state index contributed by atoms with van der Waals surface area (Å²) in [5.74, 6) is 2.80. The van der Waals surface area contributed by atoms with E-state index in [1.165, 1.54) is 31.2 Å². The fourth-order valence-corrected chi connectivity index (χ4v) is 8.71. The van der Waals surface area contributed by atoms with Gasteiger partial charge in [-0.2, -0.15) is 0 Å². The van der Waals surface area contributed by atoms with E-state index in [9.17, 15) is 9.59 Å². The van der Waals surface area contributed by atoms with Crippen LogP contribution in [0.1, 0.15) is 90.8 Å². The summed E-state index contributed by atoms with van der Waals surface area (Å²) in [4.78, 5) is 31.9. The molecule has 5 heteroatoms. The van der Waals surface area contributed by atoms with Gasteiger partial charge in [-0.15, -0.1) is 0 Å². The summed E-state index contributed by atoms with van der Waals surface area (Å²) in [7, 11) is 1.99. The van der Waals surface area contributed by atoms with E-state index in [2.05, 4.69) is 63.1 Å². The number of carbonyl (C=O) groups excluding carboxylic acids is 2. The topological polar surface area (TPSA) is 62.3 Å². The third kappa shape index (κ3) is 4.20. The van der Waals surface area contributed by atoms with Gasteiger partial charge in [-0.1, -0.05) is 40.7 Å². The molecule has 2 amide bonds. The van der Waals surface area contributed by atoms with E-state index in [0.29, 0.717) is 42.7 Å². The quantitative estimate of drug-likeness (QED) is 0.593. The minimum Gasteiger partial charge on any atom is -0.350 e. The maximum Gasteiger partial charge on any atom is 0.246 e. The zero-order valence-electron chi connectivity index (χ0n) is 23.1. The molecule has 3 saturated carbocycles. The molecule has 4 aliphatic rings. The number of amides is 2. The highest BCUT2D eigenvalue weighted by Crippen LogP contribution is 2.65. The van der Waals surface area contributed by atoms with Gasteiger partial charge in [0.2, 0.25) is 11.8 Å². The molecule has 0 spiro atoms. The summed E-state index contributed by atoms with van der Waals surface area (Å²) in [5, 5.41) is 3.18. The zero-order chi connectivity index (χ0) is 25.9. The molecule has 5 rings (SSSR count).